The number of anilines is 2. The Morgan fingerprint density at radius 1 is 1.03 bits per heavy atom. The summed E-state index contributed by atoms with van der Waals surface area (Å²) in [7, 11) is 1.64. The van der Waals surface area contributed by atoms with Gasteiger partial charge in [-0.15, -0.1) is 0 Å². The Balaban J connectivity index is 1.55. The highest BCUT2D eigenvalue weighted by Gasteiger charge is 2.22. The van der Waals surface area contributed by atoms with Gasteiger partial charge in [0.2, 0.25) is 5.91 Å². The predicted molar refractivity (Wildman–Crippen MR) is 118 cm³/mol. The molecule has 0 bridgehead atoms. The van der Waals surface area contributed by atoms with Crippen molar-refractivity contribution >= 4 is 23.2 Å². The van der Waals surface area contributed by atoms with Gasteiger partial charge in [-0.25, -0.2) is 0 Å². The average Bonchev–Trinajstić information content (AvgIpc) is 3.31. The number of methoxy groups -OCH3 is 1. The van der Waals surface area contributed by atoms with E-state index in [1.54, 1.807) is 12.0 Å². The maximum atomic E-state index is 12.9. The molecular weight excluding hydrogens is 378 g/mol. The van der Waals surface area contributed by atoms with Crippen molar-refractivity contribution in [2.45, 2.75) is 26.7 Å². The molecule has 0 radical (unpaired) electrons. The van der Waals surface area contributed by atoms with Gasteiger partial charge < -0.3 is 19.5 Å². The van der Waals surface area contributed by atoms with Gasteiger partial charge in [-0.3, -0.25) is 9.59 Å². The summed E-state index contributed by atoms with van der Waals surface area (Å²) in [4.78, 5) is 26.6. The number of nitrogens with zero attached hydrogens (tertiary/aromatic N) is 2. The molecule has 0 spiro atoms. The third-order valence-electron chi connectivity index (χ3n) is 5.50. The molecular formula is C24H25N3O3. The van der Waals surface area contributed by atoms with Crippen molar-refractivity contribution in [1.29, 1.82) is 0 Å². The van der Waals surface area contributed by atoms with Crippen LogP contribution in [-0.4, -0.2) is 30.0 Å². The van der Waals surface area contributed by atoms with Crippen LogP contribution < -0.4 is 15.0 Å². The summed E-state index contributed by atoms with van der Waals surface area (Å²) < 4.78 is 7.37. The molecule has 0 atom stereocenters. The van der Waals surface area contributed by atoms with Crippen molar-refractivity contribution in [3.63, 3.8) is 0 Å². The molecule has 1 aliphatic rings. The Morgan fingerprint density at radius 2 is 1.80 bits per heavy atom. The molecule has 0 unspecified atom stereocenters. The van der Waals surface area contributed by atoms with Gasteiger partial charge >= 0.3 is 0 Å². The fourth-order valence-electron chi connectivity index (χ4n) is 3.98. The van der Waals surface area contributed by atoms with Gasteiger partial charge in [0.25, 0.3) is 5.91 Å². The third-order valence-corrected chi connectivity index (χ3v) is 5.50. The van der Waals surface area contributed by atoms with Crippen LogP contribution in [0.1, 0.15) is 34.6 Å². The second-order valence-electron chi connectivity index (χ2n) is 7.47. The highest BCUT2D eigenvalue weighted by molar-refractivity contribution is 6.05. The molecule has 3 aromatic rings. The van der Waals surface area contributed by atoms with E-state index in [1.165, 1.54) is 0 Å². The summed E-state index contributed by atoms with van der Waals surface area (Å²) in [5.74, 6) is 0.751. The van der Waals surface area contributed by atoms with E-state index in [-0.39, 0.29) is 11.8 Å². The predicted octanol–water partition coefficient (Wildman–Crippen LogP) is 4.48. The van der Waals surface area contributed by atoms with Crippen LogP contribution in [0, 0.1) is 13.8 Å². The monoisotopic (exact) mass is 403 g/mol. The minimum absolute atomic E-state index is 0.150. The van der Waals surface area contributed by atoms with Gasteiger partial charge in [0.15, 0.2) is 0 Å². The number of nitrogens with one attached hydrogen (secondary N) is 1. The van der Waals surface area contributed by atoms with Crippen LogP contribution in [0.15, 0.2) is 54.6 Å². The van der Waals surface area contributed by atoms with Crippen molar-refractivity contribution in [1.82, 2.24) is 4.57 Å². The minimum atomic E-state index is -0.165. The lowest BCUT2D eigenvalue weighted by Crippen LogP contribution is -2.23. The first-order valence-corrected chi connectivity index (χ1v) is 10.0. The molecule has 2 aromatic carbocycles. The van der Waals surface area contributed by atoms with E-state index < -0.39 is 0 Å². The SMILES string of the molecule is COc1cccc(-n2c(C)cc(C(=O)Nc3ccc(N4CCCC4=O)cc3)c2C)c1. The van der Waals surface area contributed by atoms with Crippen LogP contribution in [0.2, 0.25) is 0 Å². The number of aromatic nitrogens is 1. The first kappa shape index (κ1) is 19.8. The zero-order chi connectivity index (χ0) is 21.3. The molecule has 154 valence electrons. The first-order chi connectivity index (χ1) is 14.5. The standard InChI is InChI=1S/C24H25N3O3/c1-16-14-22(17(2)27(16)20-6-4-7-21(15-20)30-3)24(29)25-18-9-11-19(12-10-18)26-13-5-8-23(26)28/h4,6-7,9-12,14-15H,5,8,13H2,1-3H3,(H,25,29). The largest absolute Gasteiger partial charge is 0.497 e. The van der Waals surface area contributed by atoms with Crippen LogP contribution in [0.3, 0.4) is 0 Å². The Kier molecular flexibility index (Phi) is 5.31. The second-order valence-corrected chi connectivity index (χ2v) is 7.47. The Labute approximate surface area is 176 Å². The van der Waals surface area contributed by atoms with E-state index in [4.69, 9.17) is 4.74 Å². The Bertz CT molecular complexity index is 1100. The van der Waals surface area contributed by atoms with Gasteiger partial charge in [-0.05, 0) is 62.7 Å². The van der Waals surface area contributed by atoms with Crippen LogP contribution >= 0.6 is 0 Å². The van der Waals surface area contributed by atoms with Crippen LogP contribution in [0.4, 0.5) is 11.4 Å². The molecule has 1 fully saturated rings. The minimum Gasteiger partial charge on any atom is -0.497 e. The van der Waals surface area contributed by atoms with Crippen LogP contribution in [0.25, 0.3) is 5.69 Å². The lowest BCUT2D eigenvalue weighted by molar-refractivity contribution is -0.117. The second kappa shape index (κ2) is 8.06. The Morgan fingerprint density at radius 3 is 2.47 bits per heavy atom. The number of carbonyl (C=O) groups is 2. The van der Waals surface area contributed by atoms with Crippen molar-refractivity contribution < 1.29 is 14.3 Å². The summed E-state index contributed by atoms with van der Waals surface area (Å²) in [5, 5.41) is 2.96. The molecule has 0 saturated carbocycles. The first-order valence-electron chi connectivity index (χ1n) is 10.0. The van der Waals surface area contributed by atoms with Gasteiger partial charge in [0.05, 0.1) is 12.7 Å². The van der Waals surface area contributed by atoms with E-state index in [0.29, 0.717) is 17.7 Å². The molecule has 4 rings (SSSR count). The molecule has 6 heteroatoms. The number of benzene rings is 2. The molecule has 2 heterocycles. The molecule has 2 amide bonds. The zero-order valence-corrected chi connectivity index (χ0v) is 17.4. The number of rotatable bonds is 5. The van der Waals surface area contributed by atoms with Crippen molar-refractivity contribution in [3.05, 3.63) is 71.5 Å². The van der Waals surface area contributed by atoms with E-state index in [9.17, 15) is 9.59 Å². The number of carbonyl (C=O) groups excluding carboxylic acids is 2. The molecule has 0 aliphatic carbocycles. The van der Waals surface area contributed by atoms with Gasteiger partial charge in [0.1, 0.15) is 5.75 Å². The molecule has 1 saturated heterocycles. The summed E-state index contributed by atoms with van der Waals surface area (Å²) in [6, 6.07) is 17.1. The number of ether oxygens (including phenoxy) is 1. The highest BCUT2D eigenvalue weighted by atomic mass is 16.5. The zero-order valence-electron chi connectivity index (χ0n) is 17.4. The smallest absolute Gasteiger partial charge is 0.257 e. The number of hydrogen-bond acceptors (Lipinski definition) is 3. The fourth-order valence-corrected chi connectivity index (χ4v) is 3.98. The topological polar surface area (TPSA) is 63.6 Å². The summed E-state index contributed by atoms with van der Waals surface area (Å²) in [5.41, 5.74) is 4.96. The Hall–Kier alpha value is -3.54. The van der Waals surface area contributed by atoms with Crippen molar-refractivity contribution in [2.24, 2.45) is 0 Å². The van der Waals surface area contributed by atoms with Crippen LogP contribution in [0.5, 0.6) is 5.75 Å². The average molecular weight is 403 g/mol. The van der Waals surface area contributed by atoms with Crippen LogP contribution in [-0.2, 0) is 4.79 Å². The van der Waals surface area contributed by atoms with E-state index in [2.05, 4.69) is 5.32 Å². The van der Waals surface area contributed by atoms with E-state index in [0.717, 1.165) is 41.5 Å². The van der Waals surface area contributed by atoms with Gasteiger partial charge in [-0.1, -0.05) is 6.07 Å². The normalized spacial score (nSPS) is 13.6. The lowest BCUT2D eigenvalue weighted by atomic mass is 10.2. The maximum Gasteiger partial charge on any atom is 0.257 e. The fraction of sp³-hybridized carbons (Fsp3) is 0.250. The quantitative estimate of drug-likeness (QED) is 0.683. The molecule has 6 nitrogen and oxygen atoms in total. The lowest BCUT2D eigenvalue weighted by Gasteiger charge is -2.16. The summed E-state index contributed by atoms with van der Waals surface area (Å²) in [6.07, 6.45) is 1.49. The summed E-state index contributed by atoms with van der Waals surface area (Å²) >= 11 is 0. The molecule has 30 heavy (non-hydrogen) atoms. The highest BCUT2D eigenvalue weighted by Crippen LogP contribution is 2.26. The van der Waals surface area contributed by atoms with Crippen molar-refractivity contribution in [3.8, 4) is 11.4 Å². The van der Waals surface area contributed by atoms with E-state index in [1.807, 2.05) is 73.0 Å². The van der Waals surface area contributed by atoms with E-state index >= 15 is 0 Å². The van der Waals surface area contributed by atoms with Crippen molar-refractivity contribution in [2.75, 3.05) is 23.9 Å². The van der Waals surface area contributed by atoms with Gasteiger partial charge in [0, 0.05) is 47.5 Å². The maximum absolute atomic E-state index is 12.9. The number of aryl methyl sites for hydroxylation is 1. The molecule has 1 aromatic heterocycles. The summed E-state index contributed by atoms with van der Waals surface area (Å²) in [6.45, 7) is 4.66. The number of amides is 2. The third kappa shape index (κ3) is 3.68. The molecule has 1 aliphatic heterocycles. The number of hydrogen-bond donors (Lipinski definition) is 1. The van der Waals surface area contributed by atoms with Gasteiger partial charge in [-0.2, -0.15) is 0 Å². The molecule has 1 N–H and O–H groups in total.